The number of rotatable bonds is 6. The minimum Gasteiger partial charge on any atom is -0.493 e. The van der Waals surface area contributed by atoms with Gasteiger partial charge in [0.25, 0.3) is 0 Å². The van der Waals surface area contributed by atoms with Gasteiger partial charge in [-0.2, -0.15) is 0 Å². The first-order valence-electron chi connectivity index (χ1n) is 6.46. The van der Waals surface area contributed by atoms with Crippen LogP contribution in [0.15, 0.2) is 18.2 Å². The standard InChI is InChI=1S/C14H20N2O3/c1-3-19-12-8-10(4-5-11(12)18-2)9-16-13(17)14(15)6-7-14/h4-5,8H,3,6-7,9,15H2,1-2H3,(H,16,17). The van der Waals surface area contributed by atoms with Gasteiger partial charge in [-0.05, 0) is 37.5 Å². The summed E-state index contributed by atoms with van der Waals surface area (Å²) in [5.74, 6) is 1.29. The third-order valence-electron chi connectivity index (χ3n) is 3.22. The smallest absolute Gasteiger partial charge is 0.240 e. The van der Waals surface area contributed by atoms with Crippen LogP contribution in [0.3, 0.4) is 0 Å². The summed E-state index contributed by atoms with van der Waals surface area (Å²) >= 11 is 0. The van der Waals surface area contributed by atoms with Crippen molar-refractivity contribution in [3.63, 3.8) is 0 Å². The van der Waals surface area contributed by atoms with Gasteiger partial charge in [0.1, 0.15) is 0 Å². The first-order valence-corrected chi connectivity index (χ1v) is 6.46. The lowest BCUT2D eigenvalue weighted by atomic mass is 10.2. The van der Waals surface area contributed by atoms with Crippen molar-refractivity contribution in [2.45, 2.75) is 31.8 Å². The fourth-order valence-corrected chi connectivity index (χ4v) is 1.82. The fraction of sp³-hybridized carbons (Fsp3) is 0.500. The summed E-state index contributed by atoms with van der Waals surface area (Å²) in [4.78, 5) is 11.7. The number of hydrogen-bond donors (Lipinski definition) is 2. The molecule has 0 aliphatic heterocycles. The van der Waals surface area contributed by atoms with Gasteiger partial charge in [0.2, 0.25) is 5.91 Å². The SMILES string of the molecule is CCOc1cc(CNC(=O)C2(N)CC2)ccc1OC. The van der Waals surface area contributed by atoms with Gasteiger partial charge in [-0.25, -0.2) is 0 Å². The second-order valence-electron chi connectivity index (χ2n) is 4.76. The van der Waals surface area contributed by atoms with Crippen molar-refractivity contribution in [3.05, 3.63) is 23.8 Å². The van der Waals surface area contributed by atoms with E-state index in [1.807, 2.05) is 25.1 Å². The number of ether oxygens (including phenoxy) is 2. The molecule has 3 N–H and O–H groups in total. The predicted molar refractivity (Wildman–Crippen MR) is 72.2 cm³/mol. The lowest BCUT2D eigenvalue weighted by Gasteiger charge is -2.13. The van der Waals surface area contributed by atoms with Crippen LogP contribution in [0.25, 0.3) is 0 Å². The van der Waals surface area contributed by atoms with Crippen molar-refractivity contribution >= 4 is 5.91 Å². The Morgan fingerprint density at radius 2 is 2.16 bits per heavy atom. The Bertz CT molecular complexity index is 470. The quantitative estimate of drug-likeness (QED) is 0.809. The Hall–Kier alpha value is -1.75. The summed E-state index contributed by atoms with van der Waals surface area (Å²) in [5, 5.41) is 2.85. The van der Waals surface area contributed by atoms with Crippen molar-refractivity contribution in [1.29, 1.82) is 0 Å². The number of hydrogen-bond acceptors (Lipinski definition) is 4. The molecule has 0 unspecified atom stereocenters. The number of methoxy groups -OCH3 is 1. The molecule has 0 radical (unpaired) electrons. The van der Waals surface area contributed by atoms with Crippen molar-refractivity contribution < 1.29 is 14.3 Å². The third-order valence-corrected chi connectivity index (χ3v) is 3.22. The van der Waals surface area contributed by atoms with Crippen LogP contribution >= 0.6 is 0 Å². The summed E-state index contributed by atoms with van der Waals surface area (Å²) in [6, 6.07) is 5.61. The molecule has 0 spiro atoms. The topological polar surface area (TPSA) is 73.6 Å². The van der Waals surface area contributed by atoms with Crippen LogP contribution in [0.4, 0.5) is 0 Å². The van der Waals surface area contributed by atoms with E-state index in [-0.39, 0.29) is 5.91 Å². The molecule has 19 heavy (non-hydrogen) atoms. The maximum atomic E-state index is 11.7. The molecule has 1 aromatic rings. The molecule has 5 nitrogen and oxygen atoms in total. The van der Waals surface area contributed by atoms with Crippen molar-refractivity contribution in [2.75, 3.05) is 13.7 Å². The largest absolute Gasteiger partial charge is 0.493 e. The Morgan fingerprint density at radius 1 is 1.42 bits per heavy atom. The molecule has 2 rings (SSSR count). The molecule has 0 aromatic heterocycles. The van der Waals surface area contributed by atoms with E-state index in [0.29, 0.717) is 24.7 Å². The highest BCUT2D eigenvalue weighted by atomic mass is 16.5. The van der Waals surface area contributed by atoms with Crippen LogP contribution in [0.5, 0.6) is 11.5 Å². The minimum atomic E-state index is -0.630. The monoisotopic (exact) mass is 264 g/mol. The van der Waals surface area contributed by atoms with Gasteiger partial charge in [0.15, 0.2) is 11.5 Å². The van der Waals surface area contributed by atoms with Gasteiger partial charge in [-0.1, -0.05) is 6.07 Å². The molecule has 1 amide bonds. The molecule has 0 atom stereocenters. The molecular formula is C14H20N2O3. The minimum absolute atomic E-state index is 0.0822. The highest BCUT2D eigenvalue weighted by molar-refractivity contribution is 5.88. The van der Waals surface area contributed by atoms with E-state index in [1.54, 1.807) is 7.11 Å². The van der Waals surface area contributed by atoms with Gasteiger partial charge in [0, 0.05) is 6.54 Å². The first-order chi connectivity index (χ1) is 9.09. The van der Waals surface area contributed by atoms with E-state index < -0.39 is 5.54 Å². The number of carbonyl (C=O) groups is 1. The number of benzene rings is 1. The molecule has 0 saturated heterocycles. The normalized spacial score (nSPS) is 15.7. The molecule has 0 heterocycles. The molecule has 1 aromatic carbocycles. The van der Waals surface area contributed by atoms with Crippen LogP contribution < -0.4 is 20.5 Å². The van der Waals surface area contributed by atoms with Crippen LogP contribution in [0.1, 0.15) is 25.3 Å². The average molecular weight is 264 g/mol. The molecule has 104 valence electrons. The summed E-state index contributed by atoms with van der Waals surface area (Å²) < 4.78 is 10.7. The molecule has 1 aliphatic rings. The number of amides is 1. The van der Waals surface area contributed by atoms with E-state index >= 15 is 0 Å². The fourth-order valence-electron chi connectivity index (χ4n) is 1.82. The van der Waals surface area contributed by atoms with Crippen LogP contribution in [0.2, 0.25) is 0 Å². The van der Waals surface area contributed by atoms with Gasteiger partial charge in [-0.3, -0.25) is 4.79 Å². The van der Waals surface area contributed by atoms with E-state index in [0.717, 1.165) is 18.4 Å². The summed E-state index contributed by atoms with van der Waals surface area (Å²) in [6.07, 6.45) is 1.54. The maximum Gasteiger partial charge on any atom is 0.240 e. The molecule has 1 saturated carbocycles. The summed E-state index contributed by atoms with van der Waals surface area (Å²) in [6.45, 7) is 2.93. The van der Waals surface area contributed by atoms with E-state index in [1.165, 1.54) is 0 Å². The van der Waals surface area contributed by atoms with E-state index in [4.69, 9.17) is 15.2 Å². The average Bonchev–Trinajstić information content (AvgIpc) is 3.16. The van der Waals surface area contributed by atoms with E-state index in [2.05, 4.69) is 5.32 Å². The number of nitrogens with one attached hydrogen (secondary N) is 1. The Balaban J connectivity index is 2.00. The Kier molecular flexibility index (Phi) is 3.95. The number of nitrogens with two attached hydrogens (primary N) is 1. The zero-order valence-electron chi connectivity index (χ0n) is 11.4. The number of carbonyl (C=O) groups excluding carboxylic acids is 1. The highest BCUT2D eigenvalue weighted by Crippen LogP contribution is 2.32. The summed E-state index contributed by atoms with van der Waals surface area (Å²) in [7, 11) is 1.60. The van der Waals surface area contributed by atoms with Gasteiger partial charge in [-0.15, -0.1) is 0 Å². The molecule has 1 aliphatic carbocycles. The van der Waals surface area contributed by atoms with Crippen LogP contribution in [-0.4, -0.2) is 25.2 Å². The van der Waals surface area contributed by atoms with Gasteiger partial charge < -0.3 is 20.5 Å². The molecule has 5 heteroatoms. The van der Waals surface area contributed by atoms with Crippen LogP contribution in [-0.2, 0) is 11.3 Å². The van der Waals surface area contributed by atoms with E-state index in [9.17, 15) is 4.79 Å². The predicted octanol–water partition coefficient (Wildman–Crippen LogP) is 1.20. The zero-order chi connectivity index (χ0) is 13.9. The molecule has 0 bridgehead atoms. The lowest BCUT2D eigenvalue weighted by molar-refractivity contribution is -0.123. The lowest BCUT2D eigenvalue weighted by Crippen LogP contribution is -2.42. The second-order valence-corrected chi connectivity index (χ2v) is 4.76. The van der Waals surface area contributed by atoms with Crippen LogP contribution in [0, 0.1) is 0 Å². The van der Waals surface area contributed by atoms with Crippen molar-refractivity contribution in [1.82, 2.24) is 5.32 Å². The third kappa shape index (κ3) is 3.17. The van der Waals surface area contributed by atoms with Gasteiger partial charge in [0.05, 0.1) is 19.3 Å². The second kappa shape index (κ2) is 5.48. The van der Waals surface area contributed by atoms with Crippen molar-refractivity contribution in [3.8, 4) is 11.5 Å². The zero-order valence-corrected chi connectivity index (χ0v) is 11.4. The van der Waals surface area contributed by atoms with Crippen molar-refractivity contribution in [2.24, 2.45) is 5.73 Å². The highest BCUT2D eigenvalue weighted by Gasteiger charge is 2.45. The molecular weight excluding hydrogens is 244 g/mol. The first kappa shape index (κ1) is 13.7. The Labute approximate surface area is 113 Å². The van der Waals surface area contributed by atoms with Gasteiger partial charge >= 0.3 is 0 Å². The Morgan fingerprint density at radius 3 is 2.74 bits per heavy atom. The molecule has 1 fully saturated rings. The maximum absolute atomic E-state index is 11.7. The summed E-state index contributed by atoms with van der Waals surface area (Å²) in [5.41, 5.74) is 6.15.